The molecule has 0 radical (unpaired) electrons. The van der Waals surface area contributed by atoms with Crippen LogP contribution in [-0.4, -0.2) is 22.7 Å². The maximum absolute atomic E-state index is 10.5. The molecule has 1 aliphatic rings. The molecule has 0 saturated heterocycles. The van der Waals surface area contributed by atoms with E-state index in [0.29, 0.717) is 11.4 Å². The summed E-state index contributed by atoms with van der Waals surface area (Å²) in [4.78, 5) is 34.4. The van der Waals surface area contributed by atoms with Crippen molar-refractivity contribution in [1.29, 1.82) is 0 Å². The standard InChI is InChI=1S/C6H8N4O.C4H3NO2/c7-6(11)4-1-2-5(10-8)9-3-4;6-3-1-2-4(7)5-3/h1-3H,8H2,(H2,7,11)(H,9,10);1-2H,(H,5,6,7). The van der Waals surface area contributed by atoms with Crippen molar-refractivity contribution in [2.24, 2.45) is 11.6 Å². The molecule has 8 heteroatoms. The monoisotopic (exact) mass is 249 g/mol. The molecule has 2 heterocycles. The molecular weight excluding hydrogens is 238 g/mol. The number of carbonyl (C=O) groups excluding carboxylic acids is 3. The number of pyridine rings is 1. The van der Waals surface area contributed by atoms with Crippen LogP contribution >= 0.6 is 0 Å². The molecule has 0 bridgehead atoms. The van der Waals surface area contributed by atoms with Crippen LogP contribution < -0.4 is 22.3 Å². The first-order chi connectivity index (χ1) is 8.52. The Morgan fingerprint density at radius 1 is 1.22 bits per heavy atom. The molecule has 0 unspecified atom stereocenters. The third-order valence-electron chi connectivity index (χ3n) is 1.83. The third kappa shape index (κ3) is 4.02. The minimum atomic E-state index is -0.499. The number of amides is 3. The van der Waals surface area contributed by atoms with Crippen molar-refractivity contribution in [3.63, 3.8) is 0 Å². The van der Waals surface area contributed by atoms with Gasteiger partial charge < -0.3 is 11.2 Å². The lowest BCUT2D eigenvalue weighted by molar-refractivity contribution is -0.123. The summed E-state index contributed by atoms with van der Waals surface area (Å²) in [6.45, 7) is 0. The number of anilines is 1. The Kier molecular flexibility index (Phi) is 4.52. The number of rotatable bonds is 2. The molecule has 0 saturated carbocycles. The van der Waals surface area contributed by atoms with Crippen LogP contribution in [-0.2, 0) is 9.59 Å². The lowest BCUT2D eigenvalue weighted by atomic mass is 10.3. The van der Waals surface area contributed by atoms with Gasteiger partial charge in [0.1, 0.15) is 5.82 Å². The van der Waals surface area contributed by atoms with Gasteiger partial charge in [0.15, 0.2) is 0 Å². The van der Waals surface area contributed by atoms with E-state index in [1.54, 1.807) is 12.1 Å². The molecule has 0 fully saturated rings. The Balaban J connectivity index is 0.000000199. The largest absolute Gasteiger partial charge is 0.366 e. The average molecular weight is 249 g/mol. The van der Waals surface area contributed by atoms with Crippen LogP contribution in [0.25, 0.3) is 0 Å². The van der Waals surface area contributed by atoms with Crippen LogP contribution in [0.3, 0.4) is 0 Å². The molecule has 3 amide bonds. The highest BCUT2D eigenvalue weighted by Crippen LogP contribution is 2.01. The van der Waals surface area contributed by atoms with E-state index in [1.165, 1.54) is 18.3 Å². The van der Waals surface area contributed by atoms with Crippen molar-refractivity contribution >= 4 is 23.5 Å². The lowest BCUT2D eigenvalue weighted by Crippen LogP contribution is -2.19. The highest BCUT2D eigenvalue weighted by molar-refractivity contribution is 6.12. The van der Waals surface area contributed by atoms with Crippen molar-refractivity contribution in [3.05, 3.63) is 36.0 Å². The van der Waals surface area contributed by atoms with Crippen molar-refractivity contribution in [2.75, 3.05) is 5.43 Å². The molecule has 8 nitrogen and oxygen atoms in total. The zero-order valence-electron chi connectivity index (χ0n) is 9.21. The van der Waals surface area contributed by atoms with Gasteiger partial charge in [-0.15, -0.1) is 0 Å². The molecule has 94 valence electrons. The Hall–Kier alpha value is -2.74. The number of aromatic nitrogens is 1. The van der Waals surface area contributed by atoms with Gasteiger partial charge in [0.2, 0.25) is 5.91 Å². The maximum atomic E-state index is 10.5. The number of primary amides is 1. The molecular formula is C10H11N5O3. The lowest BCUT2D eigenvalue weighted by Gasteiger charge is -1.97. The Labute approximate surface area is 102 Å². The van der Waals surface area contributed by atoms with Gasteiger partial charge in [-0.3, -0.25) is 19.7 Å². The van der Waals surface area contributed by atoms with Crippen molar-refractivity contribution in [2.45, 2.75) is 0 Å². The van der Waals surface area contributed by atoms with Gasteiger partial charge in [-0.25, -0.2) is 10.8 Å². The highest BCUT2D eigenvalue weighted by atomic mass is 16.2. The van der Waals surface area contributed by atoms with E-state index >= 15 is 0 Å². The van der Waals surface area contributed by atoms with Gasteiger partial charge in [0.05, 0.1) is 5.56 Å². The van der Waals surface area contributed by atoms with E-state index in [4.69, 9.17) is 11.6 Å². The summed E-state index contributed by atoms with van der Waals surface area (Å²) in [6.07, 6.45) is 3.75. The van der Waals surface area contributed by atoms with E-state index < -0.39 is 5.91 Å². The fraction of sp³-hybridized carbons (Fsp3) is 0. The van der Waals surface area contributed by atoms with Gasteiger partial charge >= 0.3 is 0 Å². The third-order valence-corrected chi connectivity index (χ3v) is 1.83. The molecule has 0 aromatic carbocycles. The summed E-state index contributed by atoms with van der Waals surface area (Å²) in [6, 6.07) is 3.12. The minimum Gasteiger partial charge on any atom is -0.366 e. The summed E-state index contributed by atoms with van der Waals surface area (Å²) in [5.41, 5.74) is 7.67. The van der Waals surface area contributed by atoms with E-state index in [2.05, 4.69) is 10.4 Å². The van der Waals surface area contributed by atoms with Gasteiger partial charge in [-0.1, -0.05) is 0 Å². The summed E-state index contributed by atoms with van der Waals surface area (Å²) < 4.78 is 0. The predicted molar refractivity (Wildman–Crippen MR) is 62.9 cm³/mol. The normalized spacial score (nSPS) is 12.5. The Morgan fingerprint density at radius 2 is 1.83 bits per heavy atom. The van der Waals surface area contributed by atoms with Gasteiger partial charge in [0.25, 0.3) is 11.8 Å². The van der Waals surface area contributed by atoms with Crippen molar-refractivity contribution < 1.29 is 14.4 Å². The van der Waals surface area contributed by atoms with Crippen molar-refractivity contribution in [1.82, 2.24) is 10.3 Å². The molecule has 1 aliphatic heterocycles. The number of hydrogen-bond acceptors (Lipinski definition) is 6. The first-order valence-electron chi connectivity index (χ1n) is 4.78. The second kappa shape index (κ2) is 6.11. The quantitative estimate of drug-likeness (QED) is 0.290. The second-order valence-electron chi connectivity index (χ2n) is 3.13. The Bertz CT molecular complexity index is 479. The zero-order chi connectivity index (χ0) is 13.5. The summed E-state index contributed by atoms with van der Waals surface area (Å²) >= 11 is 0. The highest BCUT2D eigenvalue weighted by Gasteiger charge is 2.06. The predicted octanol–water partition coefficient (Wildman–Crippen LogP) is -1.33. The summed E-state index contributed by atoms with van der Waals surface area (Å²) in [5.74, 6) is 4.39. The van der Waals surface area contributed by atoms with Crippen LogP contribution in [0.15, 0.2) is 30.5 Å². The summed E-state index contributed by atoms with van der Waals surface area (Å²) in [7, 11) is 0. The number of nitrogens with two attached hydrogens (primary N) is 2. The topological polar surface area (TPSA) is 140 Å². The van der Waals surface area contributed by atoms with Crippen LogP contribution in [0.1, 0.15) is 10.4 Å². The first kappa shape index (κ1) is 13.3. The van der Waals surface area contributed by atoms with Crippen LogP contribution in [0, 0.1) is 0 Å². The Morgan fingerprint density at radius 3 is 2.11 bits per heavy atom. The number of hydrazine groups is 1. The molecule has 1 aromatic rings. The van der Waals surface area contributed by atoms with E-state index in [0.717, 1.165) is 0 Å². The maximum Gasteiger partial charge on any atom is 0.250 e. The molecule has 2 rings (SSSR count). The molecule has 18 heavy (non-hydrogen) atoms. The smallest absolute Gasteiger partial charge is 0.250 e. The molecule has 1 aromatic heterocycles. The minimum absolute atomic E-state index is 0.329. The first-order valence-corrected chi connectivity index (χ1v) is 4.78. The zero-order valence-corrected chi connectivity index (χ0v) is 9.21. The van der Waals surface area contributed by atoms with Gasteiger partial charge in [-0.05, 0) is 12.1 Å². The molecule has 6 N–H and O–H groups in total. The number of hydrogen-bond donors (Lipinski definition) is 4. The second-order valence-corrected chi connectivity index (χ2v) is 3.13. The average Bonchev–Trinajstić information content (AvgIpc) is 2.74. The van der Waals surface area contributed by atoms with Gasteiger partial charge in [0, 0.05) is 18.3 Å². The number of nitrogen functional groups attached to an aromatic ring is 1. The fourth-order valence-corrected chi connectivity index (χ4v) is 0.981. The number of nitrogens with zero attached hydrogens (tertiary/aromatic N) is 1. The van der Waals surface area contributed by atoms with Crippen LogP contribution in [0.2, 0.25) is 0 Å². The molecule has 0 spiro atoms. The summed E-state index contributed by atoms with van der Waals surface area (Å²) in [5, 5.41) is 2.03. The number of nitrogens with one attached hydrogen (secondary N) is 2. The molecule has 0 aliphatic carbocycles. The van der Waals surface area contributed by atoms with Crippen molar-refractivity contribution in [3.8, 4) is 0 Å². The van der Waals surface area contributed by atoms with E-state index in [9.17, 15) is 14.4 Å². The SMILES string of the molecule is NNc1ccc(C(N)=O)cn1.O=C1C=CC(=O)N1. The number of imide groups is 1. The fourth-order valence-electron chi connectivity index (χ4n) is 0.981. The van der Waals surface area contributed by atoms with Gasteiger partial charge in [-0.2, -0.15) is 0 Å². The number of carbonyl (C=O) groups is 3. The van der Waals surface area contributed by atoms with E-state index in [-0.39, 0.29) is 11.8 Å². The van der Waals surface area contributed by atoms with E-state index in [1.807, 2.05) is 5.32 Å². The molecule has 0 atom stereocenters. The van der Waals surface area contributed by atoms with Crippen LogP contribution in [0.4, 0.5) is 5.82 Å². The van der Waals surface area contributed by atoms with Crippen LogP contribution in [0.5, 0.6) is 0 Å².